The molecule has 7 heteroatoms. The monoisotopic (exact) mass is 308 g/mol. The number of carbonyl (C=O) groups excluding carboxylic acids is 1. The van der Waals surface area contributed by atoms with Crippen LogP contribution >= 0.6 is 0 Å². The summed E-state index contributed by atoms with van der Waals surface area (Å²) in [6, 6.07) is 9.33. The Hall–Kier alpha value is -2.28. The third-order valence-corrected chi connectivity index (χ3v) is 3.70. The maximum atomic E-state index is 11.9. The minimum Gasteiger partial charge on any atom is -0.465 e. The van der Waals surface area contributed by atoms with Crippen molar-refractivity contribution < 1.29 is 24.5 Å². The van der Waals surface area contributed by atoms with Crippen LogP contribution in [0.1, 0.15) is 5.56 Å². The number of aliphatic hydroxyl groups excluding tert-OH is 1. The second-order valence-corrected chi connectivity index (χ2v) is 5.44. The molecule has 0 bridgehead atoms. The molecule has 0 radical (unpaired) electrons. The minimum atomic E-state index is -1.06. The Morgan fingerprint density at radius 3 is 2.59 bits per heavy atom. The number of β-amino-alcohol motifs (C(OH)–C–C–N with tert-alkyl or cyclic N) is 1. The van der Waals surface area contributed by atoms with Crippen molar-refractivity contribution in [1.82, 2.24) is 9.80 Å². The summed E-state index contributed by atoms with van der Waals surface area (Å²) in [6.45, 7) is 0.719. The van der Waals surface area contributed by atoms with Gasteiger partial charge in [0.05, 0.1) is 12.6 Å². The van der Waals surface area contributed by atoms with Gasteiger partial charge >= 0.3 is 12.2 Å². The van der Waals surface area contributed by atoms with Crippen molar-refractivity contribution in [2.45, 2.75) is 12.7 Å². The van der Waals surface area contributed by atoms with E-state index >= 15 is 0 Å². The summed E-state index contributed by atoms with van der Waals surface area (Å²) < 4.78 is 5.19. The van der Waals surface area contributed by atoms with Crippen molar-refractivity contribution in [1.29, 1.82) is 0 Å². The van der Waals surface area contributed by atoms with Gasteiger partial charge in [-0.2, -0.15) is 0 Å². The molecule has 1 heterocycles. The van der Waals surface area contributed by atoms with Crippen LogP contribution in [-0.2, 0) is 11.3 Å². The van der Waals surface area contributed by atoms with Crippen molar-refractivity contribution >= 4 is 12.2 Å². The lowest BCUT2D eigenvalue weighted by molar-refractivity contribution is 0.0843. The average molecular weight is 308 g/mol. The van der Waals surface area contributed by atoms with Crippen LogP contribution in [0.3, 0.4) is 0 Å². The van der Waals surface area contributed by atoms with Gasteiger partial charge in [-0.1, -0.05) is 30.3 Å². The SMILES string of the molecule is CN(C[C@H]1CN(C(=O)O)C[C@H]1O)C(=O)OCc1ccccc1. The molecule has 0 aromatic heterocycles. The van der Waals surface area contributed by atoms with Crippen molar-refractivity contribution in [3.63, 3.8) is 0 Å². The van der Waals surface area contributed by atoms with Crippen LogP contribution in [0.2, 0.25) is 0 Å². The molecule has 1 aliphatic rings. The molecule has 7 nitrogen and oxygen atoms in total. The molecule has 2 atom stereocenters. The van der Waals surface area contributed by atoms with Crippen molar-refractivity contribution in [3.8, 4) is 0 Å². The Morgan fingerprint density at radius 1 is 1.32 bits per heavy atom. The molecule has 1 aliphatic heterocycles. The quantitative estimate of drug-likeness (QED) is 0.873. The Morgan fingerprint density at radius 2 is 2.00 bits per heavy atom. The number of benzene rings is 1. The van der Waals surface area contributed by atoms with Crippen LogP contribution in [-0.4, -0.2) is 65.0 Å². The van der Waals surface area contributed by atoms with Gasteiger partial charge in [0.2, 0.25) is 0 Å². The normalized spacial score (nSPS) is 20.7. The number of carboxylic acid groups (broad SMARTS) is 1. The van der Waals surface area contributed by atoms with Gasteiger partial charge < -0.3 is 24.7 Å². The summed E-state index contributed by atoms with van der Waals surface area (Å²) in [6.07, 6.45) is -2.32. The number of hydrogen-bond donors (Lipinski definition) is 2. The van der Waals surface area contributed by atoms with E-state index in [0.29, 0.717) is 0 Å². The first-order valence-electron chi connectivity index (χ1n) is 7.05. The van der Waals surface area contributed by atoms with E-state index < -0.39 is 18.3 Å². The number of rotatable bonds is 4. The average Bonchev–Trinajstić information content (AvgIpc) is 2.87. The molecule has 1 aromatic carbocycles. The number of nitrogens with zero attached hydrogens (tertiary/aromatic N) is 2. The van der Waals surface area contributed by atoms with Crippen molar-refractivity contribution in [3.05, 3.63) is 35.9 Å². The Balaban J connectivity index is 1.80. The maximum Gasteiger partial charge on any atom is 0.409 e. The van der Waals surface area contributed by atoms with Crippen LogP contribution < -0.4 is 0 Å². The van der Waals surface area contributed by atoms with E-state index in [-0.39, 0.29) is 32.2 Å². The second-order valence-electron chi connectivity index (χ2n) is 5.44. The molecule has 2 N–H and O–H groups in total. The van der Waals surface area contributed by atoms with Gasteiger partial charge in [-0.25, -0.2) is 9.59 Å². The molecule has 0 spiro atoms. The molecule has 1 fully saturated rings. The summed E-state index contributed by atoms with van der Waals surface area (Å²) in [5, 5.41) is 18.8. The summed E-state index contributed by atoms with van der Waals surface area (Å²) in [5.41, 5.74) is 0.891. The fourth-order valence-corrected chi connectivity index (χ4v) is 2.45. The van der Waals surface area contributed by atoms with Crippen LogP contribution in [0.25, 0.3) is 0 Å². The van der Waals surface area contributed by atoms with E-state index in [4.69, 9.17) is 9.84 Å². The van der Waals surface area contributed by atoms with Crippen LogP contribution in [0.5, 0.6) is 0 Å². The van der Waals surface area contributed by atoms with Crippen LogP contribution in [0, 0.1) is 5.92 Å². The Kier molecular flexibility index (Phi) is 5.21. The van der Waals surface area contributed by atoms with Gasteiger partial charge in [-0.15, -0.1) is 0 Å². The molecule has 22 heavy (non-hydrogen) atoms. The standard InChI is InChI=1S/C15H20N2O5/c1-16(7-12-8-17(14(19)20)9-13(12)18)15(21)22-10-11-5-3-2-4-6-11/h2-6,12-13,18H,7-10H2,1H3,(H,19,20)/t12-,13+/m0/s1. The van der Waals surface area contributed by atoms with Gasteiger partial charge in [0, 0.05) is 26.1 Å². The Bertz CT molecular complexity index is 522. The largest absolute Gasteiger partial charge is 0.465 e. The molecular weight excluding hydrogens is 288 g/mol. The summed E-state index contributed by atoms with van der Waals surface area (Å²) >= 11 is 0. The molecule has 0 aliphatic carbocycles. The fraction of sp³-hybridized carbons (Fsp3) is 0.467. The molecule has 120 valence electrons. The number of ether oxygens (including phenoxy) is 1. The van der Waals surface area contributed by atoms with E-state index in [0.717, 1.165) is 10.5 Å². The Labute approximate surface area is 128 Å². The number of carbonyl (C=O) groups is 2. The number of aliphatic hydroxyl groups is 1. The molecule has 0 saturated carbocycles. The zero-order chi connectivity index (χ0) is 16.1. The maximum absolute atomic E-state index is 11.9. The molecule has 1 saturated heterocycles. The smallest absolute Gasteiger partial charge is 0.409 e. The highest BCUT2D eigenvalue weighted by Gasteiger charge is 2.35. The number of likely N-dealkylation sites (tertiary alicyclic amines) is 1. The van der Waals surface area contributed by atoms with Gasteiger partial charge in [0.25, 0.3) is 0 Å². The molecule has 2 amide bonds. The molecule has 1 aromatic rings. The third-order valence-electron chi connectivity index (χ3n) is 3.70. The lowest BCUT2D eigenvalue weighted by Crippen LogP contribution is -2.36. The lowest BCUT2D eigenvalue weighted by Gasteiger charge is -2.22. The first kappa shape index (κ1) is 16.1. The first-order chi connectivity index (χ1) is 10.5. The molecule has 2 rings (SSSR count). The van der Waals surface area contributed by atoms with Gasteiger partial charge in [0.1, 0.15) is 6.61 Å². The van der Waals surface area contributed by atoms with Gasteiger partial charge in [0.15, 0.2) is 0 Å². The van der Waals surface area contributed by atoms with Gasteiger partial charge in [-0.3, -0.25) is 0 Å². The number of hydrogen-bond acceptors (Lipinski definition) is 4. The highest BCUT2D eigenvalue weighted by molar-refractivity contribution is 5.67. The fourth-order valence-electron chi connectivity index (χ4n) is 2.45. The minimum absolute atomic E-state index is 0.0763. The van der Waals surface area contributed by atoms with E-state index in [9.17, 15) is 14.7 Å². The van der Waals surface area contributed by atoms with E-state index in [1.165, 1.54) is 4.90 Å². The van der Waals surface area contributed by atoms with Crippen molar-refractivity contribution in [2.24, 2.45) is 5.92 Å². The zero-order valence-corrected chi connectivity index (χ0v) is 12.4. The summed E-state index contributed by atoms with van der Waals surface area (Å²) in [5.74, 6) is -0.301. The van der Waals surface area contributed by atoms with Gasteiger partial charge in [-0.05, 0) is 5.56 Å². The topological polar surface area (TPSA) is 90.3 Å². The zero-order valence-electron chi connectivity index (χ0n) is 12.4. The second kappa shape index (κ2) is 7.13. The lowest BCUT2D eigenvalue weighted by atomic mass is 10.1. The summed E-state index contributed by atoms with van der Waals surface area (Å²) in [7, 11) is 1.57. The predicted molar refractivity (Wildman–Crippen MR) is 78.4 cm³/mol. The van der Waals surface area contributed by atoms with E-state index in [1.807, 2.05) is 30.3 Å². The van der Waals surface area contributed by atoms with Crippen molar-refractivity contribution in [2.75, 3.05) is 26.7 Å². The molecule has 0 unspecified atom stereocenters. The molecular formula is C15H20N2O5. The van der Waals surface area contributed by atoms with Crippen LogP contribution in [0.15, 0.2) is 30.3 Å². The first-order valence-corrected chi connectivity index (χ1v) is 7.05. The van der Waals surface area contributed by atoms with E-state index in [2.05, 4.69) is 0 Å². The van der Waals surface area contributed by atoms with Crippen LogP contribution in [0.4, 0.5) is 9.59 Å². The van der Waals surface area contributed by atoms with E-state index in [1.54, 1.807) is 7.05 Å². The summed E-state index contributed by atoms with van der Waals surface area (Å²) in [4.78, 5) is 25.3. The third kappa shape index (κ3) is 4.11. The highest BCUT2D eigenvalue weighted by atomic mass is 16.6. The predicted octanol–water partition coefficient (Wildman–Crippen LogP) is 1.23. The number of amides is 2. The highest BCUT2D eigenvalue weighted by Crippen LogP contribution is 2.18.